The Kier molecular flexibility index (Phi) is 12.1. The van der Waals surface area contributed by atoms with Gasteiger partial charge in [0.2, 0.25) is 0 Å². The van der Waals surface area contributed by atoms with Crippen LogP contribution in [-0.2, 0) is 35.0 Å². The number of imidazole rings is 1. The Bertz CT molecular complexity index is 1430. The van der Waals surface area contributed by atoms with Crippen LogP contribution in [0.15, 0.2) is 55.1 Å². The van der Waals surface area contributed by atoms with Gasteiger partial charge >= 0.3 is 25.4 Å². The molecule has 2 atom stereocenters. The zero-order valence-electron chi connectivity index (χ0n) is 23.8. The summed E-state index contributed by atoms with van der Waals surface area (Å²) in [5.74, 6) is -2.39. The van der Waals surface area contributed by atoms with Gasteiger partial charge in [-0.15, -0.1) is 0 Å². The zero-order valence-corrected chi connectivity index (χ0v) is 24.7. The summed E-state index contributed by atoms with van der Waals surface area (Å²) >= 11 is 0. The summed E-state index contributed by atoms with van der Waals surface area (Å²) in [6.45, 7) is 8.86. The number of nitrogen functional groups attached to an aromatic ring is 1. The summed E-state index contributed by atoms with van der Waals surface area (Å²) in [5.41, 5.74) is 5.63. The second-order valence-corrected chi connectivity index (χ2v) is 11.7. The van der Waals surface area contributed by atoms with E-state index in [1.54, 1.807) is 62.9 Å². The molecule has 0 saturated carbocycles. The topological polar surface area (TPSA) is 218 Å². The summed E-state index contributed by atoms with van der Waals surface area (Å²) in [5, 5.41) is 18.5. The number of nitrogens with one attached hydrogen (secondary N) is 1. The summed E-state index contributed by atoms with van der Waals surface area (Å²) in [7, 11) is -3.70. The Morgan fingerprint density at radius 2 is 1.69 bits per heavy atom. The number of aromatic nitrogens is 4. The van der Waals surface area contributed by atoms with Crippen molar-refractivity contribution in [1.29, 1.82) is 0 Å². The molecule has 0 spiro atoms. The first-order chi connectivity index (χ1) is 19.6. The second-order valence-electron chi connectivity index (χ2n) is 9.71. The zero-order chi connectivity index (χ0) is 31.5. The van der Waals surface area contributed by atoms with Crippen LogP contribution < -0.4 is 15.3 Å². The molecule has 2 heterocycles. The number of hydrogen-bond acceptors (Lipinski definition) is 11. The van der Waals surface area contributed by atoms with E-state index in [2.05, 4.69) is 20.0 Å². The highest BCUT2D eigenvalue weighted by atomic mass is 31.2. The van der Waals surface area contributed by atoms with E-state index in [0.29, 0.717) is 35.6 Å². The predicted octanol–water partition coefficient (Wildman–Crippen LogP) is 3.07. The first kappa shape index (κ1) is 33.9. The van der Waals surface area contributed by atoms with Crippen molar-refractivity contribution in [2.45, 2.75) is 58.9 Å². The number of nitrogens with two attached hydrogens (primary N) is 1. The van der Waals surface area contributed by atoms with Crippen molar-refractivity contribution in [3.05, 3.63) is 55.1 Å². The highest BCUT2D eigenvalue weighted by Gasteiger charge is 2.39. The fourth-order valence-electron chi connectivity index (χ4n) is 3.30. The van der Waals surface area contributed by atoms with Gasteiger partial charge in [-0.2, -0.15) is 0 Å². The molecule has 0 saturated heterocycles. The number of fused-ring (bicyclic) bond motifs is 1. The van der Waals surface area contributed by atoms with Gasteiger partial charge in [0.1, 0.15) is 29.5 Å². The monoisotopic (exact) mass is 606 g/mol. The summed E-state index contributed by atoms with van der Waals surface area (Å²) in [4.78, 5) is 44.1. The maximum absolute atomic E-state index is 13.8. The minimum Gasteiger partial charge on any atom is -0.478 e. The van der Waals surface area contributed by atoms with Crippen LogP contribution in [0.5, 0.6) is 5.75 Å². The Morgan fingerprint density at radius 1 is 1.07 bits per heavy atom. The van der Waals surface area contributed by atoms with Crippen LogP contribution in [0.25, 0.3) is 11.2 Å². The van der Waals surface area contributed by atoms with E-state index in [1.807, 2.05) is 13.0 Å². The largest absolute Gasteiger partial charge is 0.478 e. The molecular weight excluding hydrogens is 571 g/mol. The van der Waals surface area contributed by atoms with E-state index >= 15 is 0 Å². The molecule has 228 valence electrons. The van der Waals surface area contributed by atoms with Crippen LogP contribution in [-0.4, -0.2) is 71.7 Å². The van der Waals surface area contributed by atoms with Crippen molar-refractivity contribution in [2.24, 2.45) is 0 Å². The average Bonchev–Trinajstić information content (AvgIpc) is 3.30. The van der Waals surface area contributed by atoms with E-state index in [4.69, 9.17) is 29.9 Å². The van der Waals surface area contributed by atoms with Gasteiger partial charge in [0.05, 0.1) is 25.1 Å². The first-order valence-corrected chi connectivity index (χ1v) is 14.4. The molecule has 0 unspecified atom stereocenters. The molecular formula is C26H35N6O9P. The number of aliphatic carboxylic acids is 2. The van der Waals surface area contributed by atoms with Gasteiger partial charge in [0.25, 0.3) is 0 Å². The van der Waals surface area contributed by atoms with Crippen molar-refractivity contribution in [1.82, 2.24) is 24.6 Å². The van der Waals surface area contributed by atoms with E-state index in [-0.39, 0.29) is 18.3 Å². The number of esters is 1. The van der Waals surface area contributed by atoms with Crippen LogP contribution in [0, 0.1) is 0 Å². The Labute approximate surface area is 242 Å². The maximum Gasteiger partial charge on any atom is 0.342 e. The van der Waals surface area contributed by atoms with E-state index < -0.39 is 37.1 Å². The van der Waals surface area contributed by atoms with Crippen molar-refractivity contribution < 1.29 is 43.2 Å². The second kappa shape index (κ2) is 15.1. The molecule has 0 aliphatic heterocycles. The minimum absolute atomic E-state index is 0.287. The summed E-state index contributed by atoms with van der Waals surface area (Å²) in [6, 6.07) is 8.70. The van der Waals surface area contributed by atoms with Gasteiger partial charge < -0.3 is 34.5 Å². The van der Waals surface area contributed by atoms with Crippen LogP contribution in [0.3, 0.4) is 0 Å². The number of carboxylic acid groups (broad SMARTS) is 2. The molecule has 5 N–H and O–H groups in total. The van der Waals surface area contributed by atoms with E-state index in [9.17, 15) is 18.9 Å². The fourth-order valence-corrected chi connectivity index (χ4v) is 5.31. The number of ether oxygens (including phenoxy) is 2. The Morgan fingerprint density at radius 3 is 2.26 bits per heavy atom. The standard InChI is InChI=1S/C22H31N6O5P.C4H4O4/c1-15(2)32-21(29)22(4,5)27-34(30,33-17-9-7-6-8-10-17)14-31-16(3)11-28-13-26-18-19(23)24-12-25-20(18)28;5-3(6)1-2-4(7)8/h6-10,12-13,15-16H,11,14H2,1-5H3,(H,27,30)(H2,23,24,25);1-2H,(H,5,6)(H,7,8)/b;2-1+/t16-,34-;/m1./s1. The number of anilines is 1. The highest BCUT2D eigenvalue weighted by Crippen LogP contribution is 2.45. The summed E-state index contributed by atoms with van der Waals surface area (Å²) in [6.07, 6.45) is 3.08. The fraction of sp³-hybridized carbons (Fsp3) is 0.385. The highest BCUT2D eigenvalue weighted by molar-refractivity contribution is 7.57. The lowest BCUT2D eigenvalue weighted by atomic mass is 10.1. The normalized spacial score (nSPS) is 13.7. The first-order valence-electron chi connectivity index (χ1n) is 12.6. The van der Waals surface area contributed by atoms with Crippen LogP contribution >= 0.6 is 7.52 Å². The third-order valence-corrected chi connectivity index (χ3v) is 6.97. The Balaban J connectivity index is 0.000000675. The molecule has 1 aromatic carbocycles. The number of carbonyl (C=O) groups is 3. The molecule has 0 fully saturated rings. The molecule has 15 nitrogen and oxygen atoms in total. The molecule has 16 heteroatoms. The summed E-state index contributed by atoms with van der Waals surface area (Å²) < 4.78 is 32.6. The predicted molar refractivity (Wildman–Crippen MR) is 153 cm³/mol. The number of para-hydroxylation sites is 1. The molecule has 0 amide bonds. The Hall–Kier alpha value is -4.33. The molecule has 0 aliphatic carbocycles. The maximum atomic E-state index is 13.8. The smallest absolute Gasteiger partial charge is 0.342 e. The molecule has 0 aliphatic rings. The molecule has 2 aromatic heterocycles. The van der Waals surface area contributed by atoms with E-state index in [0.717, 1.165) is 0 Å². The van der Waals surface area contributed by atoms with Gasteiger partial charge in [0.15, 0.2) is 11.5 Å². The average molecular weight is 607 g/mol. The molecule has 0 bridgehead atoms. The quantitative estimate of drug-likeness (QED) is 0.125. The lowest BCUT2D eigenvalue weighted by Gasteiger charge is -2.31. The third kappa shape index (κ3) is 10.9. The van der Waals surface area contributed by atoms with Gasteiger partial charge in [-0.1, -0.05) is 18.2 Å². The third-order valence-electron chi connectivity index (χ3n) is 5.08. The van der Waals surface area contributed by atoms with Crippen LogP contribution in [0.4, 0.5) is 5.82 Å². The molecule has 0 radical (unpaired) electrons. The number of hydrogen-bond donors (Lipinski definition) is 4. The molecule has 42 heavy (non-hydrogen) atoms. The lowest BCUT2D eigenvalue weighted by molar-refractivity contribution is -0.153. The number of benzene rings is 1. The van der Waals surface area contributed by atoms with Crippen LogP contribution in [0.1, 0.15) is 34.6 Å². The van der Waals surface area contributed by atoms with Crippen molar-refractivity contribution in [2.75, 3.05) is 12.1 Å². The number of carbonyl (C=O) groups excluding carboxylic acids is 1. The van der Waals surface area contributed by atoms with Crippen molar-refractivity contribution >= 4 is 42.4 Å². The van der Waals surface area contributed by atoms with Crippen molar-refractivity contribution in [3.63, 3.8) is 0 Å². The number of nitrogens with zero attached hydrogens (tertiary/aromatic N) is 4. The van der Waals surface area contributed by atoms with Gasteiger partial charge in [-0.25, -0.2) is 29.6 Å². The SMILES string of the molecule is CC(C)OC(=O)C(C)(C)N[P@@](=O)(CO[C@H](C)Cn1cnc2c(N)ncnc21)Oc1ccccc1.O=C(O)/C=C/C(=O)O. The van der Waals surface area contributed by atoms with Gasteiger partial charge in [0, 0.05) is 12.2 Å². The minimum atomic E-state index is -3.70. The number of rotatable bonds is 13. The van der Waals surface area contributed by atoms with Gasteiger partial charge in [-0.05, 0) is 46.8 Å². The van der Waals surface area contributed by atoms with Gasteiger partial charge in [-0.3, -0.25) is 9.36 Å². The molecule has 3 rings (SSSR count). The molecule has 3 aromatic rings. The van der Waals surface area contributed by atoms with Crippen LogP contribution in [0.2, 0.25) is 0 Å². The number of carboxylic acids is 2. The van der Waals surface area contributed by atoms with Crippen molar-refractivity contribution in [3.8, 4) is 5.75 Å². The lowest BCUT2D eigenvalue weighted by Crippen LogP contribution is -2.48. The van der Waals surface area contributed by atoms with E-state index in [1.165, 1.54) is 6.33 Å².